The lowest BCUT2D eigenvalue weighted by Gasteiger charge is -2.32. The second kappa shape index (κ2) is 8.99. The molecule has 0 saturated carbocycles. The molecule has 0 bridgehead atoms. The molecule has 2 aromatic carbocycles. The molecule has 1 aliphatic heterocycles. The van der Waals surface area contributed by atoms with E-state index in [1.165, 1.54) is 5.56 Å². The van der Waals surface area contributed by atoms with E-state index < -0.39 is 0 Å². The van der Waals surface area contributed by atoms with Crippen molar-refractivity contribution in [3.63, 3.8) is 0 Å². The molecule has 1 aliphatic rings. The fourth-order valence-corrected chi connectivity index (χ4v) is 4.11. The zero-order valence-corrected chi connectivity index (χ0v) is 18.8. The van der Waals surface area contributed by atoms with Crippen LogP contribution in [0, 0.1) is 0 Å². The SMILES string of the molecule is C[C@H](Nc1cncc(-n2cnc3cc(C(=O)N4CCN(C)CC4)ccc32)n1)c1ccccc1. The van der Waals surface area contributed by atoms with Crippen LogP contribution in [0.4, 0.5) is 5.82 Å². The summed E-state index contributed by atoms with van der Waals surface area (Å²) in [7, 11) is 2.08. The molecule has 3 heterocycles. The molecule has 1 amide bonds. The van der Waals surface area contributed by atoms with Gasteiger partial charge in [0.15, 0.2) is 5.82 Å². The van der Waals surface area contributed by atoms with E-state index in [0.717, 1.165) is 37.2 Å². The molecule has 8 nitrogen and oxygen atoms in total. The van der Waals surface area contributed by atoms with Crippen molar-refractivity contribution in [3.8, 4) is 5.82 Å². The third-order valence-electron chi connectivity index (χ3n) is 6.12. The van der Waals surface area contributed by atoms with Gasteiger partial charge in [0.2, 0.25) is 0 Å². The van der Waals surface area contributed by atoms with Gasteiger partial charge in [0.05, 0.1) is 23.4 Å². The highest BCUT2D eigenvalue weighted by atomic mass is 16.2. The standard InChI is InChI=1S/C25H27N7O/c1-18(19-6-4-3-5-7-19)28-23-15-26-16-24(29-23)32-17-27-21-14-20(8-9-22(21)32)25(33)31-12-10-30(2)11-13-31/h3-9,14-18H,10-13H2,1-2H3,(H,28,29)/t18-/m0/s1. The summed E-state index contributed by atoms with van der Waals surface area (Å²) in [5, 5.41) is 3.41. The van der Waals surface area contributed by atoms with Gasteiger partial charge in [-0.3, -0.25) is 14.3 Å². The zero-order valence-electron chi connectivity index (χ0n) is 18.8. The number of likely N-dealkylation sites (N-methyl/N-ethyl adjacent to an activating group) is 1. The minimum absolute atomic E-state index is 0.0560. The lowest BCUT2D eigenvalue weighted by Crippen LogP contribution is -2.47. The van der Waals surface area contributed by atoms with Gasteiger partial charge in [0.1, 0.15) is 12.1 Å². The van der Waals surface area contributed by atoms with Crippen LogP contribution in [0.25, 0.3) is 16.9 Å². The molecule has 1 atom stereocenters. The van der Waals surface area contributed by atoms with Crippen LogP contribution < -0.4 is 5.32 Å². The molecule has 0 aliphatic carbocycles. The second-order valence-electron chi connectivity index (χ2n) is 8.45. The van der Waals surface area contributed by atoms with E-state index in [0.29, 0.717) is 17.2 Å². The Kier molecular flexibility index (Phi) is 5.75. The largest absolute Gasteiger partial charge is 0.362 e. The molecule has 33 heavy (non-hydrogen) atoms. The van der Waals surface area contributed by atoms with E-state index in [-0.39, 0.29) is 11.9 Å². The van der Waals surface area contributed by atoms with Gasteiger partial charge in [-0.05, 0) is 37.7 Å². The number of nitrogens with one attached hydrogen (secondary N) is 1. The first-order valence-corrected chi connectivity index (χ1v) is 11.2. The number of hydrogen-bond acceptors (Lipinski definition) is 6. The molecule has 2 aromatic heterocycles. The van der Waals surface area contributed by atoms with E-state index >= 15 is 0 Å². The highest BCUT2D eigenvalue weighted by molar-refractivity contribution is 5.97. The number of fused-ring (bicyclic) bond motifs is 1. The topological polar surface area (TPSA) is 79.2 Å². The van der Waals surface area contributed by atoms with Gasteiger partial charge in [-0.25, -0.2) is 9.97 Å². The van der Waals surface area contributed by atoms with Crippen molar-refractivity contribution >= 4 is 22.8 Å². The van der Waals surface area contributed by atoms with Crippen molar-refractivity contribution in [1.82, 2.24) is 29.3 Å². The summed E-state index contributed by atoms with van der Waals surface area (Å²) in [5.74, 6) is 1.41. The van der Waals surface area contributed by atoms with Gasteiger partial charge in [-0.1, -0.05) is 30.3 Å². The van der Waals surface area contributed by atoms with Gasteiger partial charge >= 0.3 is 0 Å². The highest BCUT2D eigenvalue weighted by Gasteiger charge is 2.21. The van der Waals surface area contributed by atoms with Crippen molar-refractivity contribution in [2.75, 3.05) is 38.5 Å². The Balaban J connectivity index is 1.37. The Morgan fingerprint density at radius 3 is 2.61 bits per heavy atom. The predicted molar refractivity (Wildman–Crippen MR) is 129 cm³/mol. The summed E-state index contributed by atoms with van der Waals surface area (Å²) in [6, 6.07) is 16.0. The van der Waals surface area contributed by atoms with E-state index in [1.807, 2.05) is 45.9 Å². The molecule has 5 rings (SSSR count). The lowest BCUT2D eigenvalue weighted by atomic mass is 10.1. The number of benzene rings is 2. The molecule has 8 heteroatoms. The lowest BCUT2D eigenvalue weighted by molar-refractivity contribution is 0.0664. The normalized spacial score (nSPS) is 15.5. The number of imidazole rings is 1. The Morgan fingerprint density at radius 1 is 1.03 bits per heavy atom. The summed E-state index contributed by atoms with van der Waals surface area (Å²) in [6.45, 7) is 5.38. The number of carbonyl (C=O) groups is 1. The molecular formula is C25H27N7O. The Hall–Kier alpha value is -3.78. The van der Waals surface area contributed by atoms with Crippen LogP contribution in [-0.4, -0.2) is 68.5 Å². The van der Waals surface area contributed by atoms with Crippen molar-refractivity contribution < 1.29 is 4.79 Å². The van der Waals surface area contributed by atoms with Crippen molar-refractivity contribution in [3.05, 3.63) is 78.4 Å². The Bertz CT molecular complexity index is 1260. The summed E-state index contributed by atoms with van der Waals surface area (Å²) in [5.41, 5.74) is 3.48. The number of amides is 1. The zero-order chi connectivity index (χ0) is 22.8. The summed E-state index contributed by atoms with van der Waals surface area (Å²) in [4.78, 5) is 30.7. The summed E-state index contributed by atoms with van der Waals surface area (Å²) >= 11 is 0. The number of hydrogen-bond donors (Lipinski definition) is 1. The number of nitrogens with zero attached hydrogens (tertiary/aromatic N) is 6. The molecule has 168 valence electrons. The first-order valence-electron chi connectivity index (χ1n) is 11.2. The Labute approximate surface area is 192 Å². The van der Waals surface area contributed by atoms with Crippen LogP contribution in [0.1, 0.15) is 28.9 Å². The van der Waals surface area contributed by atoms with Gasteiger partial charge < -0.3 is 15.1 Å². The molecule has 4 aromatic rings. The fraction of sp³-hybridized carbons (Fsp3) is 0.280. The van der Waals surface area contributed by atoms with Crippen LogP contribution in [0.2, 0.25) is 0 Å². The van der Waals surface area contributed by atoms with Gasteiger partial charge in [0, 0.05) is 37.8 Å². The molecule has 1 saturated heterocycles. The summed E-state index contributed by atoms with van der Waals surface area (Å²) < 4.78 is 1.89. The first-order chi connectivity index (χ1) is 16.1. The second-order valence-corrected chi connectivity index (χ2v) is 8.45. The Morgan fingerprint density at radius 2 is 1.82 bits per heavy atom. The van der Waals surface area contributed by atoms with E-state index in [2.05, 4.69) is 46.3 Å². The molecule has 1 fully saturated rings. The quantitative estimate of drug-likeness (QED) is 0.512. The number of carbonyl (C=O) groups excluding carboxylic acids is 1. The maximum Gasteiger partial charge on any atom is 0.254 e. The van der Waals surface area contributed by atoms with Crippen LogP contribution in [0.3, 0.4) is 0 Å². The highest BCUT2D eigenvalue weighted by Crippen LogP contribution is 2.22. The van der Waals surface area contributed by atoms with Crippen LogP contribution >= 0.6 is 0 Å². The van der Waals surface area contributed by atoms with Crippen molar-refractivity contribution in [2.45, 2.75) is 13.0 Å². The molecule has 0 spiro atoms. The smallest absolute Gasteiger partial charge is 0.254 e. The van der Waals surface area contributed by atoms with E-state index in [1.54, 1.807) is 18.7 Å². The van der Waals surface area contributed by atoms with Gasteiger partial charge in [-0.15, -0.1) is 0 Å². The number of anilines is 1. The van der Waals surface area contributed by atoms with Crippen molar-refractivity contribution in [1.29, 1.82) is 0 Å². The summed E-state index contributed by atoms with van der Waals surface area (Å²) in [6.07, 6.45) is 5.15. The molecule has 1 N–H and O–H groups in total. The minimum Gasteiger partial charge on any atom is -0.362 e. The molecule has 0 unspecified atom stereocenters. The van der Waals surface area contributed by atoms with Crippen molar-refractivity contribution in [2.24, 2.45) is 0 Å². The third-order valence-corrected chi connectivity index (χ3v) is 6.12. The van der Waals surface area contributed by atoms with Gasteiger partial charge in [-0.2, -0.15) is 0 Å². The number of aromatic nitrogens is 4. The van der Waals surface area contributed by atoms with E-state index in [4.69, 9.17) is 4.98 Å². The maximum absolute atomic E-state index is 12.9. The fourth-order valence-electron chi connectivity index (χ4n) is 4.11. The van der Waals surface area contributed by atoms with Crippen LogP contribution in [0.15, 0.2) is 67.3 Å². The van der Waals surface area contributed by atoms with Crippen LogP contribution in [0.5, 0.6) is 0 Å². The first kappa shape index (κ1) is 21.1. The van der Waals surface area contributed by atoms with Gasteiger partial charge in [0.25, 0.3) is 5.91 Å². The number of rotatable bonds is 5. The minimum atomic E-state index is 0.0560. The maximum atomic E-state index is 12.9. The monoisotopic (exact) mass is 441 g/mol. The van der Waals surface area contributed by atoms with Crippen LogP contribution in [-0.2, 0) is 0 Å². The number of piperazine rings is 1. The third kappa shape index (κ3) is 4.42. The predicted octanol–water partition coefficient (Wildman–Crippen LogP) is 3.38. The molecular weight excluding hydrogens is 414 g/mol. The van der Waals surface area contributed by atoms with E-state index in [9.17, 15) is 4.79 Å². The average molecular weight is 442 g/mol. The average Bonchev–Trinajstić information content (AvgIpc) is 3.28. The molecule has 0 radical (unpaired) electrons.